The minimum Gasteiger partial charge on any atom is -0.262 e. The topological polar surface area (TPSA) is 67.2 Å². The smallest absolute Gasteiger partial charge is 0.262 e. The molecule has 0 heterocycles. The van der Waals surface area contributed by atoms with Crippen molar-refractivity contribution in [3.05, 3.63) is 35.4 Å². The van der Waals surface area contributed by atoms with Crippen molar-refractivity contribution in [2.75, 3.05) is 6.26 Å². The van der Waals surface area contributed by atoms with Crippen molar-refractivity contribution < 1.29 is 12.6 Å². The third-order valence-electron chi connectivity index (χ3n) is 1.83. The second-order valence-electron chi connectivity index (χ2n) is 3.18. The lowest BCUT2D eigenvalue weighted by Crippen LogP contribution is -2.07. The summed E-state index contributed by atoms with van der Waals surface area (Å²) in [4.78, 5) is 0. The van der Waals surface area contributed by atoms with Gasteiger partial charge in [-0.1, -0.05) is 12.1 Å². The molecule has 0 saturated carbocycles. The quantitative estimate of drug-likeness (QED) is 0.733. The van der Waals surface area contributed by atoms with E-state index in [1.807, 2.05) is 6.07 Å². The summed E-state index contributed by atoms with van der Waals surface area (Å²) < 4.78 is 26.5. The fourth-order valence-corrected chi connectivity index (χ4v) is 1.78. The first-order valence-corrected chi connectivity index (χ1v) is 6.12. The predicted molar refractivity (Wildman–Crippen MR) is 55.5 cm³/mol. The Kier molecular flexibility index (Phi) is 3.45. The number of rotatable bonds is 3. The molecule has 0 N–H and O–H groups in total. The molecule has 1 aromatic carbocycles. The van der Waals surface area contributed by atoms with Crippen LogP contribution in [-0.2, 0) is 14.3 Å². The monoisotopic (exact) mass is 225 g/mol. The van der Waals surface area contributed by atoms with E-state index in [4.69, 9.17) is 9.44 Å². The largest absolute Gasteiger partial charge is 0.264 e. The lowest BCUT2D eigenvalue weighted by atomic mass is 10.1. The Morgan fingerprint density at radius 2 is 1.87 bits per heavy atom. The molecule has 1 atom stereocenters. The number of hydrogen-bond acceptors (Lipinski definition) is 4. The summed E-state index contributed by atoms with van der Waals surface area (Å²) in [6.45, 7) is 1.64. The van der Waals surface area contributed by atoms with Crippen molar-refractivity contribution in [1.82, 2.24) is 0 Å². The van der Waals surface area contributed by atoms with E-state index in [0.29, 0.717) is 5.56 Å². The normalized spacial score (nSPS) is 13.1. The summed E-state index contributed by atoms with van der Waals surface area (Å²) in [6.07, 6.45) is 0.473. The Morgan fingerprint density at radius 1 is 1.33 bits per heavy atom. The summed E-state index contributed by atoms with van der Waals surface area (Å²) in [7, 11) is -3.45. The predicted octanol–water partition coefficient (Wildman–Crippen LogP) is 1.60. The highest BCUT2D eigenvalue weighted by Gasteiger charge is 2.12. The highest BCUT2D eigenvalue weighted by molar-refractivity contribution is 7.86. The van der Waals surface area contributed by atoms with Crippen LogP contribution < -0.4 is 0 Å². The molecule has 0 bridgehead atoms. The Labute approximate surface area is 89.2 Å². The Morgan fingerprint density at radius 3 is 2.27 bits per heavy atom. The molecule has 5 heteroatoms. The molecule has 15 heavy (non-hydrogen) atoms. The zero-order valence-corrected chi connectivity index (χ0v) is 9.28. The van der Waals surface area contributed by atoms with Gasteiger partial charge in [0.05, 0.1) is 24.0 Å². The zero-order valence-electron chi connectivity index (χ0n) is 8.47. The van der Waals surface area contributed by atoms with Gasteiger partial charge >= 0.3 is 0 Å². The molecule has 0 aliphatic rings. The fourth-order valence-electron chi connectivity index (χ4n) is 1.15. The van der Waals surface area contributed by atoms with Crippen molar-refractivity contribution in [2.24, 2.45) is 0 Å². The molecule has 1 rings (SSSR count). The first kappa shape index (κ1) is 11.7. The van der Waals surface area contributed by atoms with Crippen LogP contribution in [0.1, 0.15) is 24.2 Å². The molecular weight excluding hydrogens is 214 g/mol. The average Bonchev–Trinajstić information content (AvgIpc) is 2.15. The summed E-state index contributed by atoms with van der Waals surface area (Å²) >= 11 is 0. The molecule has 0 aliphatic carbocycles. The van der Waals surface area contributed by atoms with E-state index >= 15 is 0 Å². The molecular formula is C10H11NO3S. The van der Waals surface area contributed by atoms with Gasteiger partial charge in [0.1, 0.15) is 0 Å². The second-order valence-corrected chi connectivity index (χ2v) is 4.78. The number of nitriles is 1. The van der Waals surface area contributed by atoms with E-state index in [1.165, 1.54) is 0 Å². The lowest BCUT2D eigenvalue weighted by Gasteiger charge is -2.10. The minimum atomic E-state index is -3.45. The molecule has 0 radical (unpaired) electrons. The first-order valence-electron chi connectivity index (χ1n) is 4.30. The Balaban J connectivity index is 2.84. The van der Waals surface area contributed by atoms with Crippen molar-refractivity contribution in [2.45, 2.75) is 13.0 Å². The van der Waals surface area contributed by atoms with Crippen LogP contribution in [0.15, 0.2) is 24.3 Å². The van der Waals surface area contributed by atoms with Gasteiger partial charge < -0.3 is 0 Å². The summed E-state index contributed by atoms with van der Waals surface area (Å²) in [6, 6.07) is 8.58. The van der Waals surface area contributed by atoms with Gasteiger partial charge in [-0.25, -0.2) is 0 Å². The number of benzene rings is 1. The van der Waals surface area contributed by atoms with Crippen molar-refractivity contribution in [3.8, 4) is 6.07 Å². The summed E-state index contributed by atoms with van der Waals surface area (Å²) in [5.41, 5.74) is 1.25. The summed E-state index contributed by atoms with van der Waals surface area (Å²) in [5, 5.41) is 8.58. The maximum absolute atomic E-state index is 10.9. The van der Waals surface area contributed by atoms with Gasteiger partial charge in [0.15, 0.2) is 0 Å². The van der Waals surface area contributed by atoms with Crippen molar-refractivity contribution in [3.63, 3.8) is 0 Å². The van der Waals surface area contributed by atoms with Crippen LogP contribution in [0.3, 0.4) is 0 Å². The SMILES string of the molecule is C[C@H](OS(C)(=O)=O)c1ccc(C#N)cc1. The van der Waals surface area contributed by atoms with Crippen molar-refractivity contribution in [1.29, 1.82) is 5.26 Å². The van der Waals surface area contributed by atoms with Gasteiger partial charge in [0.25, 0.3) is 10.1 Å². The van der Waals surface area contributed by atoms with Gasteiger partial charge in [-0.05, 0) is 24.6 Å². The van der Waals surface area contributed by atoms with Crippen molar-refractivity contribution >= 4 is 10.1 Å². The number of hydrogen-bond donors (Lipinski definition) is 0. The molecule has 0 fully saturated rings. The third kappa shape index (κ3) is 3.70. The molecule has 0 saturated heterocycles. The Bertz CT molecular complexity index is 470. The first-order chi connectivity index (χ1) is 6.92. The maximum Gasteiger partial charge on any atom is 0.264 e. The molecule has 0 aliphatic heterocycles. The molecule has 0 aromatic heterocycles. The fraction of sp³-hybridized carbons (Fsp3) is 0.300. The minimum absolute atomic E-state index is 0.533. The highest BCUT2D eigenvalue weighted by atomic mass is 32.2. The third-order valence-corrected chi connectivity index (χ3v) is 2.47. The van der Waals surface area contributed by atoms with Crippen LogP contribution in [0.25, 0.3) is 0 Å². The maximum atomic E-state index is 10.9. The van der Waals surface area contributed by atoms with E-state index in [-0.39, 0.29) is 0 Å². The highest BCUT2D eigenvalue weighted by Crippen LogP contribution is 2.18. The molecule has 80 valence electrons. The lowest BCUT2D eigenvalue weighted by molar-refractivity contribution is 0.237. The van der Waals surface area contributed by atoms with Crippen LogP contribution in [-0.4, -0.2) is 14.7 Å². The summed E-state index contributed by atoms with van der Waals surface area (Å²) in [5.74, 6) is 0. The van der Waals surface area contributed by atoms with Crippen LogP contribution in [0.5, 0.6) is 0 Å². The van der Waals surface area contributed by atoms with Gasteiger partial charge in [0, 0.05) is 0 Å². The van der Waals surface area contributed by atoms with Gasteiger partial charge in [-0.15, -0.1) is 0 Å². The molecule has 0 amide bonds. The van der Waals surface area contributed by atoms with Gasteiger partial charge in [0.2, 0.25) is 0 Å². The van der Waals surface area contributed by atoms with Crippen LogP contribution in [0.4, 0.5) is 0 Å². The molecule has 0 spiro atoms. The zero-order chi connectivity index (χ0) is 11.5. The molecule has 0 unspecified atom stereocenters. The van der Waals surface area contributed by atoms with Gasteiger partial charge in [-0.3, -0.25) is 4.18 Å². The van der Waals surface area contributed by atoms with E-state index < -0.39 is 16.2 Å². The Hall–Kier alpha value is -1.38. The molecule has 1 aromatic rings. The standard InChI is InChI=1S/C10H11NO3S/c1-8(14-15(2,12)13)10-5-3-9(7-11)4-6-10/h3-6,8H,1-2H3/t8-/m0/s1. The molecule has 4 nitrogen and oxygen atoms in total. The van der Waals surface area contributed by atoms with E-state index in [2.05, 4.69) is 0 Å². The van der Waals surface area contributed by atoms with Gasteiger partial charge in [-0.2, -0.15) is 13.7 Å². The number of nitrogens with zero attached hydrogens (tertiary/aromatic N) is 1. The van der Waals surface area contributed by atoms with E-state index in [1.54, 1.807) is 31.2 Å². The van der Waals surface area contributed by atoms with E-state index in [9.17, 15) is 8.42 Å². The average molecular weight is 225 g/mol. The van der Waals surface area contributed by atoms with Crippen LogP contribution >= 0.6 is 0 Å². The van der Waals surface area contributed by atoms with Crippen LogP contribution in [0.2, 0.25) is 0 Å². The van der Waals surface area contributed by atoms with E-state index in [0.717, 1.165) is 11.8 Å². The second kappa shape index (κ2) is 4.43. The van der Waals surface area contributed by atoms with Crippen LogP contribution in [0, 0.1) is 11.3 Å².